The van der Waals surface area contributed by atoms with Gasteiger partial charge in [0.15, 0.2) is 0 Å². The molecule has 2 aromatic rings. The number of thioether (sulfide) groups is 1. The molecule has 2 amide bonds. The second kappa shape index (κ2) is 10.9. The van der Waals surface area contributed by atoms with Crippen LogP contribution in [0.3, 0.4) is 0 Å². The van der Waals surface area contributed by atoms with Gasteiger partial charge in [0.1, 0.15) is 10.1 Å². The van der Waals surface area contributed by atoms with Gasteiger partial charge in [0.05, 0.1) is 4.91 Å². The Morgan fingerprint density at radius 2 is 1.80 bits per heavy atom. The van der Waals surface area contributed by atoms with Crippen molar-refractivity contribution < 1.29 is 14.7 Å². The third-order valence-electron chi connectivity index (χ3n) is 4.68. The smallest absolute Gasteiger partial charge is 0.266 e. The zero-order valence-corrected chi connectivity index (χ0v) is 18.2. The van der Waals surface area contributed by atoms with Gasteiger partial charge in [-0.1, -0.05) is 72.9 Å². The molecule has 1 saturated heterocycles. The molecule has 5 nitrogen and oxygen atoms in total. The van der Waals surface area contributed by atoms with Crippen LogP contribution in [0.4, 0.5) is 0 Å². The van der Waals surface area contributed by atoms with Gasteiger partial charge < -0.3 is 10.4 Å². The fraction of sp³-hybridized carbons (Fsp3) is 0.261. The lowest BCUT2D eigenvalue weighted by Crippen LogP contribution is -2.29. The van der Waals surface area contributed by atoms with Gasteiger partial charge in [-0.15, -0.1) is 0 Å². The van der Waals surface area contributed by atoms with Crippen molar-refractivity contribution in [1.82, 2.24) is 10.2 Å². The van der Waals surface area contributed by atoms with Gasteiger partial charge in [-0.3, -0.25) is 14.5 Å². The Bertz CT molecular complexity index is 927. The zero-order chi connectivity index (χ0) is 21.3. The molecule has 0 spiro atoms. The Morgan fingerprint density at radius 1 is 1.07 bits per heavy atom. The molecule has 0 saturated carbocycles. The Morgan fingerprint density at radius 3 is 2.53 bits per heavy atom. The molecule has 0 unspecified atom stereocenters. The number of benzene rings is 2. The summed E-state index contributed by atoms with van der Waals surface area (Å²) in [7, 11) is 0. The topological polar surface area (TPSA) is 69.6 Å². The largest absolute Gasteiger partial charge is 0.508 e. The standard InChI is InChI=1S/C23H24N2O3S2/c26-19-12-10-17(11-13-19)15-20-22(28)25(23(29)30-20)14-6-2-5-9-21(27)24-16-18-7-3-1-4-8-18/h1,3-4,7-8,10-13,15,26H,2,5-6,9,14,16H2,(H,24,27)/b20-15-. The number of hydrogen-bond donors (Lipinski definition) is 2. The summed E-state index contributed by atoms with van der Waals surface area (Å²) in [5.74, 6) is 0.147. The van der Waals surface area contributed by atoms with Crippen LogP contribution in [0.1, 0.15) is 36.8 Å². The summed E-state index contributed by atoms with van der Waals surface area (Å²) in [4.78, 5) is 26.8. The van der Waals surface area contributed by atoms with Crippen molar-refractivity contribution in [1.29, 1.82) is 0 Å². The summed E-state index contributed by atoms with van der Waals surface area (Å²) in [5, 5.41) is 12.3. The first-order valence-electron chi connectivity index (χ1n) is 9.88. The van der Waals surface area contributed by atoms with E-state index in [1.807, 2.05) is 30.3 Å². The summed E-state index contributed by atoms with van der Waals surface area (Å²) in [6, 6.07) is 16.5. The van der Waals surface area contributed by atoms with E-state index in [1.54, 1.807) is 35.2 Å². The lowest BCUT2D eigenvalue weighted by Gasteiger charge is -2.14. The van der Waals surface area contributed by atoms with E-state index in [2.05, 4.69) is 5.32 Å². The molecule has 0 atom stereocenters. The molecule has 156 valence electrons. The van der Waals surface area contributed by atoms with Gasteiger partial charge >= 0.3 is 0 Å². The average molecular weight is 441 g/mol. The fourth-order valence-corrected chi connectivity index (χ4v) is 4.34. The number of carbonyl (C=O) groups is 2. The van der Waals surface area contributed by atoms with E-state index in [4.69, 9.17) is 12.2 Å². The third kappa shape index (κ3) is 6.43. The molecule has 1 fully saturated rings. The molecule has 3 rings (SSSR count). The van der Waals surface area contributed by atoms with Gasteiger partial charge in [-0.05, 0) is 42.2 Å². The highest BCUT2D eigenvalue weighted by Crippen LogP contribution is 2.33. The van der Waals surface area contributed by atoms with Gasteiger partial charge in [0.2, 0.25) is 5.91 Å². The highest BCUT2D eigenvalue weighted by Gasteiger charge is 2.31. The van der Waals surface area contributed by atoms with Crippen LogP contribution in [-0.2, 0) is 16.1 Å². The predicted molar refractivity (Wildman–Crippen MR) is 125 cm³/mol. The quantitative estimate of drug-likeness (QED) is 0.342. The average Bonchev–Trinajstić information content (AvgIpc) is 3.01. The monoisotopic (exact) mass is 440 g/mol. The minimum Gasteiger partial charge on any atom is -0.508 e. The Hall–Kier alpha value is -2.64. The number of thiocarbonyl (C=S) groups is 1. The molecule has 0 aliphatic carbocycles. The van der Waals surface area contributed by atoms with Crippen LogP contribution in [0.25, 0.3) is 6.08 Å². The van der Waals surface area contributed by atoms with Gasteiger partial charge in [0.25, 0.3) is 5.91 Å². The maximum Gasteiger partial charge on any atom is 0.266 e. The zero-order valence-electron chi connectivity index (χ0n) is 16.5. The van der Waals surface area contributed by atoms with Crippen molar-refractivity contribution in [3.05, 3.63) is 70.6 Å². The van der Waals surface area contributed by atoms with Crippen molar-refractivity contribution in [3.8, 4) is 5.75 Å². The lowest BCUT2D eigenvalue weighted by molar-refractivity contribution is -0.123. The number of hydrogen-bond acceptors (Lipinski definition) is 5. The Labute approximate surface area is 186 Å². The van der Waals surface area contributed by atoms with E-state index in [1.165, 1.54) is 11.8 Å². The van der Waals surface area contributed by atoms with E-state index in [0.29, 0.717) is 28.7 Å². The number of carbonyl (C=O) groups excluding carboxylic acids is 2. The number of nitrogens with zero attached hydrogens (tertiary/aromatic N) is 1. The molecule has 1 aliphatic heterocycles. The van der Waals surface area contributed by atoms with E-state index in [0.717, 1.165) is 30.4 Å². The van der Waals surface area contributed by atoms with Crippen LogP contribution in [0, 0.1) is 0 Å². The SMILES string of the molecule is O=C(CCCCCN1C(=O)/C(=C/c2ccc(O)cc2)SC1=S)NCc1ccccc1. The second-order valence-corrected chi connectivity index (χ2v) is 8.67. The number of amides is 2. The molecule has 0 aromatic heterocycles. The number of phenols is 1. The molecule has 0 radical (unpaired) electrons. The van der Waals surface area contributed by atoms with E-state index < -0.39 is 0 Å². The van der Waals surface area contributed by atoms with Crippen LogP contribution in [0.2, 0.25) is 0 Å². The number of rotatable bonds is 9. The van der Waals surface area contributed by atoms with Crippen molar-refractivity contribution in [3.63, 3.8) is 0 Å². The van der Waals surface area contributed by atoms with E-state index in [-0.39, 0.29) is 17.6 Å². The van der Waals surface area contributed by atoms with Gasteiger partial charge in [-0.25, -0.2) is 0 Å². The molecule has 1 heterocycles. The van der Waals surface area contributed by atoms with Crippen molar-refractivity contribution >= 4 is 46.2 Å². The number of phenolic OH excluding ortho intramolecular Hbond substituents is 1. The van der Waals surface area contributed by atoms with Gasteiger partial charge in [-0.2, -0.15) is 0 Å². The second-order valence-electron chi connectivity index (χ2n) is 7.00. The lowest BCUT2D eigenvalue weighted by atomic mass is 10.1. The van der Waals surface area contributed by atoms with Crippen LogP contribution >= 0.6 is 24.0 Å². The molecule has 7 heteroatoms. The maximum atomic E-state index is 12.6. The summed E-state index contributed by atoms with van der Waals surface area (Å²) in [6.45, 7) is 1.10. The summed E-state index contributed by atoms with van der Waals surface area (Å²) in [6.07, 6.45) is 4.69. The number of unbranched alkanes of at least 4 members (excludes halogenated alkanes) is 2. The first-order valence-corrected chi connectivity index (χ1v) is 11.1. The first kappa shape index (κ1) is 22.1. The molecule has 1 aliphatic rings. The van der Waals surface area contributed by atoms with Crippen LogP contribution in [0.5, 0.6) is 5.75 Å². The van der Waals surface area contributed by atoms with Crippen LogP contribution < -0.4 is 5.32 Å². The highest BCUT2D eigenvalue weighted by molar-refractivity contribution is 8.26. The van der Waals surface area contributed by atoms with E-state index >= 15 is 0 Å². The molecular weight excluding hydrogens is 416 g/mol. The number of aromatic hydroxyl groups is 1. The fourth-order valence-electron chi connectivity index (χ4n) is 3.03. The molecular formula is C23H24N2O3S2. The molecule has 0 bridgehead atoms. The Kier molecular flexibility index (Phi) is 8.04. The van der Waals surface area contributed by atoms with E-state index in [9.17, 15) is 14.7 Å². The molecule has 2 aromatic carbocycles. The Balaban J connectivity index is 1.37. The number of nitrogens with one attached hydrogen (secondary N) is 1. The summed E-state index contributed by atoms with van der Waals surface area (Å²) in [5.41, 5.74) is 1.93. The van der Waals surface area contributed by atoms with Crippen molar-refractivity contribution in [2.45, 2.75) is 32.2 Å². The van der Waals surface area contributed by atoms with Gasteiger partial charge in [0, 0.05) is 19.5 Å². The van der Waals surface area contributed by atoms with Crippen molar-refractivity contribution in [2.75, 3.05) is 6.54 Å². The minimum absolute atomic E-state index is 0.0429. The normalized spacial score (nSPS) is 15.1. The summed E-state index contributed by atoms with van der Waals surface area (Å²) >= 11 is 6.65. The minimum atomic E-state index is -0.0846. The van der Waals surface area contributed by atoms with Crippen LogP contribution in [0.15, 0.2) is 59.5 Å². The highest BCUT2D eigenvalue weighted by atomic mass is 32.2. The maximum absolute atomic E-state index is 12.6. The van der Waals surface area contributed by atoms with Crippen molar-refractivity contribution in [2.24, 2.45) is 0 Å². The first-order chi connectivity index (χ1) is 14.5. The molecule has 2 N–H and O–H groups in total. The summed E-state index contributed by atoms with van der Waals surface area (Å²) < 4.78 is 0.561. The molecule has 30 heavy (non-hydrogen) atoms. The van der Waals surface area contributed by atoms with Crippen LogP contribution in [-0.4, -0.2) is 32.7 Å². The predicted octanol–water partition coefficient (Wildman–Crippen LogP) is 4.47. The third-order valence-corrected chi connectivity index (χ3v) is 6.06.